The molecule has 1 unspecified atom stereocenters. The van der Waals surface area contributed by atoms with Gasteiger partial charge in [-0.05, 0) is 54.8 Å². The summed E-state index contributed by atoms with van der Waals surface area (Å²) >= 11 is 1.74. The Bertz CT molecular complexity index is 1060. The smallest absolute Gasteiger partial charge is 0.255 e. The Hall–Kier alpha value is -2.94. The summed E-state index contributed by atoms with van der Waals surface area (Å²) in [6.45, 7) is 1.08. The molecule has 0 fully saturated rings. The Morgan fingerprint density at radius 1 is 1.08 bits per heavy atom. The molecule has 2 aromatic rings. The zero-order valence-electron chi connectivity index (χ0n) is 21.2. The number of aldehydes is 1. The van der Waals surface area contributed by atoms with Crippen LogP contribution in [-0.2, 0) is 16.1 Å². The first-order valence-corrected chi connectivity index (χ1v) is 13.8. The summed E-state index contributed by atoms with van der Waals surface area (Å²) in [6, 6.07) is 8.56. The van der Waals surface area contributed by atoms with E-state index in [4.69, 9.17) is 0 Å². The highest BCUT2D eigenvalue weighted by atomic mass is 32.2. The lowest BCUT2D eigenvalue weighted by molar-refractivity contribution is -0.121. The normalized spacial score (nSPS) is 13.4. The number of carbonyl (C=O) groups excluding carboxylic acids is 3. The fourth-order valence-electron chi connectivity index (χ4n) is 4.44. The van der Waals surface area contributed by atoms with Crippen molar-refractivity contribution in [2.45, 2.75) is 68.8 Å². The molecular formula is C28H35F2N3O3S. The van der Waals surface area contributed by atoms with Gasteiger partial charge in [0.1, 0.15) is 17.9 Å². The maximum atomic E-state index is 13.2. The van der Waals surface area contributed by atoms with Crippen LogP contribution in [0, 0.1) is 11.6 Å². The summed E-state index contributed by atoms with van der Waals surface area (Å²) in [6.07, 6.45) is 7.68. The zero-order valence-corrected chi connectivity index (χ0v) is 22.0. The van der Waals surface area contributed by atoms with Gasteiger partial charge in [0.05, 0.1) is 6.04 Å². The molecule has 0 aliphatic carbocycles. The number of thioether (sulfide) groups is 1. The minimum Gasteiger partial charge on any atom is -0.385 e. The molecule has 1 atom stereocenters. The van der Waals surface area contributed by atoms with Crippen molar-refractivity contribution in [3.8, 4) is 0 Å². The van der Waals surface area contributed by atoms with Crippen LogP contribution in [-0.4, -0.2) is 48.4 Å². The maximum Gasteiger partial charge on any atom is 0.255 e. The molecule has 0 bridgehead atoms. The zero-order chi connectivity index (χ0) is 26.6. The van der Waals surface area contributed by atoms with Gasteiger partial charge in [0, 0.05) is 48.8 Å². The van der Waals surface area contributed by atoms with Crippen molar-refractivity contribution in [2.24, 2.45) is 0 Å². The molecule has 0 spiro atoms. The molecule has 37 heavy (non-hydrogen) atoms. The first-order chi connectivity index (χ1) is 17.9. The van der Waals surface area contributed by atoms with E-state index >= 15 is 0 Å². The second kappa shape index (κ2) is 14.7. The molecule has 0 aromatic heterocycles. The van der Waals surface area contributed by atoms with Crippen molar-refractivity contribution >= 4 is 35.5 Å². The predicted octanol–water partition coefficient (Wildman–Crippen LogP) is 5.56. The van der Waals surface area contributed by atoms with Crippen LogP contribution in [0.25, 0.3) is 0 Å². The van der Waals surface area contributed by atoms with Crippen molar-refractivity contribution in [3.63, 3.8) is 0 Å². The topological polar surface area (TPSA) is 78.5 Å². The van der Waals surface area contributed by atoms with E-state index in [9.17, 15) is 23.2 Å². The van der Waals surface area contributed by atoms with Gasteiger partial charge in [-0.3, -0.25) is 9.59 Å². The number of benzene rings is 2. The van der Waals surface area contributed by atoms with Crippen LogP contribution in [0.5, 0.6) is 0 Å². The quantitative estimate of drug-likeness (QED) is 0.169. The summed E-state index contributed by atoms with van der Waals surface area (Å²) < 4.78 is 26.4. The first-order valence-electron chi connectivity index (χ1n) is 12.8. The van der Waals surface area contributed by atoms with Gasteiger partial charge in [-0.2, -0.15) is 0 Å². The number of amides is 2. The van der Waals surface area contributed by atoms with E-state index in [0.717, 1.165) is 67.1 Å². The van der Waals surface area contributed by atoms with Gasteiger partial charge in [0.15, 0.2) is 0 Å². The third-order valence-electron chi connectivity index (χ3n) is 6.48. The third kappa shape index (κ3) is 8.55. The molecule has 0 saturated carbocycles. The lowest BCUT2D eigenvalue weighted by atomic mass is 10.1. The Morgan fingerprint density at radius 3 is 2.49 bits per heavy atom. The number of carbonyl (C=O) groups is 3. The van der Waals surface area contributed by atoms with E-state index in [1.54, 1.807) is 23.7 Å². The summed E-state index contributed by atoms with van der Waals surface area (Å²) in [5.41, 5.74) is 2.08. The van der Waals surface area contributed by atoms with Gasteiger partial charge in [0.25, 0.3) is 5.91 Å². The lowest BCUT2D eigenvalue weighted by Gasteiger charge is -2.22. The monoisotopic (exact) mass is 531 g/mol. The third-order valence-corrected chi connectivity index (χ3v) is 7.66. The molecule has 3 rings (SSSR count). The summed E-state index contributed by atoms with van der Waals surface area (Å²) in [4.78, 5) is 38.8. The van der Waals surface area contributed by atoms with Gasteiger partial charge < -0.3 is 20.3 Å². The number of anilines is 1. The Kier molecular flexibility index (Phi) is 11.4. The number of fused-ring (bicyclic) bond motifs is 1. The number of nitrogens with zero attached hydrogens (tertiary/aromatic N) is 1. The minimum atomic E-state index is -0.611. The predicted molar refractivity (Wildman–Crippen MR) is 143 cm³/mol. The Morgan fingerprint density at radius 2 is 1.78 bits per heavy atom. The molecule has 2 amide bonds. The number of hydrogen-bond donors (Lipinski definition) is 2. The van der Waals surface area contributed by atoms with Crippen LogP contribution in [0.3, 0.4) is 0 Å². The van der Waals surface area contributed by atoms with E-state index in [-0.39, 0.29) is 18.2 Å². The summed E-state index contributed by atoms with van der Waals surface area (Å²) in [5.74, 6) is -0.501. The van der Waals surface area contributed by atoms with Crippen molar-refractivity contribution < 1.29 is 23.2 Å². The average Bonchev–Trinajstić information content (AvgIpc) is 3.21. The molecule has 6 nitrogen and oxygen atoms in total. The van der Waals surface area contributed by atoms with Gasteiger partial charge in [-0.1, -0.05) is 31.7 Å². The van der Waals surface area contributed by atoms with Gasteiger partial charge in [0.2, 0.25) is 5.91 Å². The molecule has 1 heterocycles. The van der Waals surface area contributed by atoms with Crippen LogP contribution in [0.4, 0.5) is 14.5 Å². The number of nitrogens with one attached hydrogen (secondary N) is 2. The van der Waals surface area contributed by atoms with Crippen molar-refractivity contribution in [1.82, 2.24) is 10.2 Å². The first kappa shape index (κ1) is 28.6. The molecule has 2 N–H and O–H groups in total. The minimum absolute atomic E-state index is 0.149. The molecule has 9 heteroatoms. The van der Waals surface area contributed by atoms with Crippen molar-refractivity contribution in [1.29, 1.82) is 0 Å². The lowest BCUT2D eigenvalue weighted by Crippen LogP contribution is -2.37. The van der Waals surface area contributed by atoms with E-state index < -0.39 is 17.7 Å². The highest BCUT2D eigenvalue weighted by molar-refractivity contribution is 7.99. The van der Waals surface area contributed by atoms with Gasteiger partial charge in [-0.15, -0.1) is 11.8 Å². The standard InChI is InChI=1S/C28H35F2N3O3S/c1-31-27(35)12-11-23(19-34)33-18-25-24(28(33)36)9-8-10-26(25)37-14-7-5-3-2-4-6-13-32-22-16-20(29)15-21(30)17-22/h8-10,15-17,19,23,32H,2-7,11-14,18H2,1H3,(H,31,35). The molecular weight excluding hydrogens is 496 g/mol. The number of hydrogen-bond acceptors (Lipinski definition) is 5. The van der Waals surface area contributed by atoms with Crippen LogP contribution in [0.2, 0.25) is 0 Å². The highest BCUT2D eigenvalue weighted by Gasteiger charge is 2.34. The Balaban J connectivity index is 1.34. The largest absolute Gasteiger partial charge is 0.385 e. The van der Waals surface area contributed by atoms with Crippen LogP contribution in [0.15, 0.2) is 41.3 Å². The van der Waals surface area contributed by atoms with E-state index in [1.807, 2.05) is 18.2 Å². The molecule has 0 saturated heterocycles. The summed E-state index contributed by atoms with van der Waals surface area (Å²) in [7, 11) is 1.55. The SMILES string of the molecule is CNC(=O)CCC(C=O)N1Cc2c(SCCCCCCCCNc3cc(F)cc(F)c3)cccc2C1=O. The van der Waals surface area contributed by atoms with E-state index in [1.165, 1.54) is 12.1 Å². The molecule has 200 valence electrons. The van der Waals surface area contributed by atoms with E-state index in [0.29, 0.717) is 30.8 Å². The highest BCUT2D eigenvalue weighted by Crippen LogP contribution is 2.34. The van der Waals surface area contributed by atoms with Gasteiger partial charge >= 0.3 is 0 Å². The van der Waals surface area contributed by atoms with Crippen LogP contribution < -0.4 is 10.6 Å². The number of unbranched alkanes of at least 4 members (excludes halogenated alkanes) is 5. The fourth-order valence-corrected chi connectivity index (χ4v) is 5.53. The van der Waals surface area contributed by atoms with Gasteiger partial charge in [-0.25, -0.2) is 8.78 Å². The second-order valence-corrected chi connectivity index (χ2v) is 10.3. The van der Waals surface area contributed by atoms with Crippen LogP contribution in [0.1, 0.15) is 67.3 Å². The van der Waals surface area contributed by atoms with Crippen molar-refractivity contribution in [2.75, 3.05) is 24.7 Å². The number of rotatable bonds is 16. The second-order valence-electron chi connectivity index (χ2n) is 9.19. The molecule has 2 aromatic carbocycles. The maximum absolute atomic E-state index is 13.2. The average molecular weight is 532 g/mol. The Labute approximate surface area is 221 Å². The van der Waals surface area contributed by atoms with Crippen LogP contribution >= 0.6 is 11.8 Å². The molecule has 1 aliphatic heterocycles. The molecule has 1 aliphatic rings. The van der Waals surface area contributed by atoms with Crippen molar-refractivity contribution in [3.05, 3.63) is 59.2 Å². The molecule has 0 radical (unpaired) electrons. The van der Waals surface area contributed by atoms with E-state index in [2.05, 4.69) is 10.6 Å². The fraction of sp³-hybridized carbons (Fsp3) is 0.464. The summed E-state index contributed by atoms with van der Waals surface area (Å²) in [5, 5.41) is 5.60. The number of halogens is 2.